The molecule has 17 heavy (non-hydrogen) atoms. The Hall–Kier alpha value is 0.0500. The van der Waals surface area contributed by atoms with Crippen molar-refractivity contribution in [3.8, 4) is 0 Å². The van der Waals surface area contributed by atoms with E-state index in [1.54, 1.807) is 11.4 Å². The molecule has 96 valence electrons. The molecule has 7 heteroatoms. The summed E-state index contributed by atoms with van der Waals surface area (Å²) < 4.78 is 32.8. The first-order valence-corrected chi connectivity index (χ1v) is 8.59. The van der Waals surface area contributed by atoms with E-state index in [4.69, 9.17) is 4.74 Å². The van der Waals surface area contributed by atoms with Crippen LogP contribution in [0.5, 0.6) is 0 Å². The molecule has 1 unspecified atom stereocenters. The maximum absolute atomic E-state index is 11.9. The Morgan fingerprint density at radius 1 is 1.59 bits per heavy atom. The number of halogens is 1. The molecular weight excluding hydrogens is 326 g/mol. The molecule has 0 bridgehead atoms. The molecule has 2 heterocycles. The van der Waals surface area contributed by atoms with Crippen LogP contribution in [0, 0.1) is 0 Å². The van der Waals surface area contributed by atoms with Crippen LogP contribution in [0.1, 0.15) is 19.3 Å². The summed E-state index contributed by atoms with van der Waals surface area (Å²) in [4.78, 5) is 0. The van der Waals surface area contributed by atoms with Gasteiger partial charge in [0.2, 0.25) is 0 Å². The second kappa shape index (κ2) is 5.79. The standard InChI is InChI=1S/C10H14BrNO3S2/c11-9-4-7-16-10(9)17(13,14)12-5-3-8-2-1-6-15-8/h4,7-8,12H,1-3,5-6H2. The molecule has 0 radical (unpaired) electrons. The molecule has 1 atom stereocenters. The maximum Gasteiger partial charge on any atom is 0.251 e. The highest BCUT2D eigenvalue weighted by Crippen LogP contribution is 2.27. The Morgan fingerprint density at radius 3 is 3.00 bits per heavy atom. The molecule has 0 aliphatic carbocycles. The first kappa shape index (κ1) is 13.5. The normalized spacial score (nSPS) is 20.9. The predicted octanol–water partition coefficient (Wildman–Crippen LogP) is 2.36. The van der Waals surface area contributed by atoms with Gasteiger partial charge in [0.15, 0.2) is 0 Å². The highest BCUT2D eigenvalue weighted by atomic mass is 79.9. The topological polar surface area (TPSA) is 55.4 Å². The molecule has 1 aromatic rings. The molecule has 4 nitrogen and oxygen atoms in total. The van der Waals surface area contributed by atoms with E-state index in [-0.39, 0.29) is 6.10 Å². The van der Waals surface area contributed by atoms with E-state index in [2.05, 4.69) is 20.7 Å². The molecule has 1 fully saturated rings. The molecule has 1 aliphatic rings. The van der Waals surface area contributed by atoms with Crippen molar-refractivity contribution in [2.75, 3.05) is 13.2 Å². The summed E-state index contributed by atoms with van der Waals surface area (Å²) in [5.74, 6) is 0. The fourth-order valence-corrected chi connectivity index (χ4v) is 5.19. The van der Waals surface area contributed by atoms with Gasteiger partial charge in [-0.05, 0) is 46.6 Å². The molecule has 0 saturated carbocycles. The third kappa shape index (κ3) is 3.51. The summed E-state index contributed by atoms with van der Waals surface area (Å²) >= 11 is 4.44. The zero-order chi connectivity index (χ0) is 12.3. The lowest BCUT2D eigenvalue weighted by atomic mass is 10.2. The highest BCUT2D eigenvalue weighted by molar-refractivity contribution is 9.10. The number of ether oxygens (including phenoxy) is 1. The van der Waals surface area contributed by atoms with Gasteiger partial charge in [-0.15, -0.1) is 11.3 Å². The molecule has 0 spiro atoms. The number of rotatable bonds is 5. The number of nitrogens with one attached hydrogen (secondary N) is 1. The SMILES string of the molecule is O=S(=O)(NCCC1CCCO1)c1sccc1Br. The zero-order valence-electron chi connectivity index (χ0n) is 9.19. The van der Waals surface area contributed by atoms with Crippen molar-refractivity contribution in [3.63, 3.8) is 0 Å². The minimum atomic E-state index is -3.37. The summed E-state index contributed by atoms with van der Waals surface area (Å²) in [6, 6.07) is 1.74. The average molecular weight is 340 g/mol. The summed E-state index contributed by atoms with van der Waals surface area (Å²) in [6.45, 7) is 1.23. The second-order valence-electron chi connectivity index (χ2n) is 3.88. The quantitative estimate of drug-likeness (QED) is 0.895. The minimum absolute atomic E-state index is 0.212. The average Bonchev–Trinajstić information content (AvgIpc) is 2.88. The largest absolute Gasteiger partial charge is 0.378 e. The van der Waals surface area contributed by atoms with Crippen LogP contribution in [0.3, 0.4) is 0 Å². The van der Waals surface area contributed by atoms with E-state index in [0.717, 1.165) is 25.9 Å². The van der Waals surface area contributed by atoms with Gasteiger partial charge in [-0.1, -0.05) is 0 Å². The van der Waals surface area contributed by atoms with Gasteiger partial charge >= 0.3 is 0 Å². The van der Waals surface area contributed by atoms with Crippen LogP contribution in [0.25, 0.3) is 0 Å². The van der Waals surface area contributed by atoms with Crippen molar-refractivity contribution >= 4 is 37.3 Å². The molecular formula is C10H14BrNO3S2. The van der Waals surface area contributed by atoms with Gasteiger partial charge in [-0.3, -0.25) is 0 Å². The lowest BCUT2D eigenvalue weighted by molar-refractivity contribution is 0.105. The molecule has 1 saturated heterocycles. The monoisotopic (exact) mass is 339 g/mol. The van der Waals surface area contributed by atoms with E-state index >= 15 is 0 Å². The summed E-state index contributed by atoms with van der Waals surface area (Å²) in [5, 5.41) is 1.75. The predicted molar refractivity (Wildman–Crippen MR) is 70.8 cm³/mol. The molecule has 1 aromatic heterocycles. The third-order valence-electron chi connectivity index (χ3n) is 2.61. The molecule has 1 N–H and O–H groups in total. The van der Waals surface area contributed by atoms with Crippen LogP contribution < -0.4 is 4.72 Å². The van der Waals surface area contributed by atoms with Crippen LogP contribution >= 0.6 is 27.3 Å². The van der Waals surface area contributed by atoms with Gasteiger partial charge in [0.1, 0.15) is 4.21 Å². The van der Waals surface area contributed by atoms with Crippen LogP contribution in [-0.2, 0) is 14.8 Å². The molecule has 2 rings (SSSR count). The fourth-order valence-electron chi connectivity index (χ4n) is 1.76. The molecule has 1 aliphatic heterocycles. The van der Waals surface area contributed by atoms with Gasteiger partial charge in [0, 0.05) is 17.6 Å². The smallest absolute Gasteiger partial charge is 0.251 e. The van der Waals surface area contributed by atoms with Crippen LogP contribution in [0.2, 0.25) is 0 Å². The maximum atomic E-state index is 11.9. The second-order valence-corrected chi connectivity index (χ2v) is 7.61. The number of thiophene rings is 1. The van der Waals surface area contributed by atoms with Gasteiger partial charge in [0.05, 0.1) is 6.10 Å². The Kier molecular flexibility index (Phi) is 4.59. The minimum Gasteiger partial charge on any atom is -0.378 e. The van der Waals surface area contributed by atoms with Crippen molar-refractivity contribution in [2.24, 2.45) is 0 Å². The van der Waals surface area contributed by atoms with Gasteiger partial charge < -0.3 is 4.74 Å². The fraction of sp³-hybridized carbons (Fsp3) is 0.600. The van der Waals surface area contributed by atoms with E-state index in [9.17, 15) is 8.42 Å². The highest BCUT2D eigenvalue weighted by Gasteiger charge is 2.20. The van der Waals surface area contributed by atoms with Crippen molar-refractivity contribution in [1.29, 1.82) is 0 Å². The van der Waals surface area contributed by atoms with E-state index in [1.807, 2.05) is 0 Å². The Bertz CT molecular complexity index is 466. The number of hydrogen-bond acceptors (Lipinski definition) is 4. The van der Waals surface area contributed by atoms with E-state index in [1.165, 1.54) is 11.3 Å². The van der Waals surface area contributed by atoms with Crippen LogP contribution in [0.15, 0.2) is 20.1 Å². The summed E-state index contributed by atoms with van der Waals surface area (Å²) in [5.41, 5.74) is 0. The van der Waals surface area contributed by atoms with Crippen molar-refractivity contribution < 1.29 is 13.2 Å². The van der Waals surface area contributed by atoms with E-state index < -0.39 is 10.0 Å². The molecule has 0 amide bonds. The lowest BCUT2D eigenvalue weighted by Gasteiger charge is -2.10. The Morgan fingerprint density at radius 2 is 2.41 bits per heavy atom. The third-order valence-corrected chi connectivity index (χ3v) is 6.74. The van der Waals surface area contributed by atoms with Crippen LogP contribution in [0.4, 0.5) is 0 Å². The van der Waals surface area contributed by atoms with Crippen molar-refractivity contribution in [2.45, 2.75) is 29.6 Å². The van der Waals surface area contributed by atoms with Gasteiger partial charge in [-0.2, -0.15) is 0 Å². The van der Waals surface area contributed by atoms with Crippen molar-refractivity contribution in [3.05, 3.63) is 15.9 Å². The van der Waals surface area contributed by atoms with Crippen molar-refractivity contribution in [1.82, 2.24) is 4.72 Å². The van der Waals surface area contributed by atoms with Gasteiger partial charge in [0.25, 0.3) is 10.0 Å². The summed E-state index contributed by atoms with van der Waals surface area (Å²) in [7, 11) is -3.37. The lowest BCUT2D eigenvalue weighted by Crippen LogP contribution is -2.26. The Balaban J connectivity index is 1.87. The first-order valence-electron chi connectivity index (χ1n) is 5.44. The Labute approximate surface area is 114 Å². The number of hydrogen-bond donors (Lipinski definition) is 1. The van der Waals surface area contributed by atoms with Crippen LogP contribution in [-0.4, -0.2) is 27.7 Å². The summed E-state index contributed by atoms with van der Waals surface area (Å²) in [6.07, 6.45) is 3.06. The van der Waals surface area contributed by atoms with E-state index in [0.29, 0.717) is 15.2 Å². The molecule has 0 aromatic carbocycles. The van der Waals surface area contributed by atoms with Gasteiger partial charge in [-0.25, -0.2) is 13.1 Å². The number of sulfonamides is 1. The first-order chi connectivity index (χ1) is 8.09. The zero-order valence-corrected chi connectivity index (χ0v) is 12.4.